The number of nitrogens with one attached hydrogen (secondary N) is 1. The molecule has 4 nitrogen and oxygen atoms in total. The lowest BCUT2D eigenvalue weighted by molar-refractivity contribution is 0.723. The molecule has 0 aliphatic heterocycles. The van der Waals surface area contributed by atoms with Gasteiger partial charge in [0.15, 0.2) is 5.96 Å². The van der Waals surface area contributed by atoms with Gasteiger partial charge < -0.3 is 11.1 Å². The highest BCUT2D eigenvalue weighted by atomic mass is 32.1. The summed E-state index contributed by atoms with van der Waals surface area (Å²) in [6.07, 6.45) is 1.77. The molecule has 0 aromatic carbocycles. The standard InChI is InChI=1S/C8H14N4S/c1-6(2)12-8(9)11-5-7-10-3-4-13-7/h3-4,6H,5H2,1-2H3,(H3,9,11,12). The van der Waals surface area contributed by atoms with Gasteiger partial charge in [-0.3, -0.25) is 0 Å². The first-order chi connectivity index (χ1) is 6.18. The fraction of sp³-hybridized carbons (Fsp3) is 0.500. The number of hydrogen-bond acceptors (Lipinski definition) is 3. The van der Waals surface area contributed by atoms with E-state index in [9.17, 15) is 0 Å². The van der Waals surface area contributed by atoms with Crippen LogP contribution in [-0.2, 0) is 6.54 Å². The molecule has 0 fully saturated rings. The van der Waals surface area contributed by atoms with Gasteiger partial charge in [0.1, 0.15) is 5.01 Å². The molecular weight excluding hydrogens is 184 g/mol. The van der Waals surface area contributed by atoms with E-state index in [1.54, 1.807) is 17.5 Å². The van der Waals surface area contributed by atoms with Gasteiger partial charge in [-0.25, -0.2) is 9.98 Å². The Balaban J connectivity index is 2.39. The van der Waals surface area contributed by atoms with Crippen LogP contribution in [0.25, 0.3) is 0 Å². The molecule has 0 unspecified atom stereocenters. The molecule has 0 bridgehead atoms. The van der Waals surface area contributed by atoms with Crippen molar-refractivity contribution in [1.82, 2.24) is 10.3 Å². The van der Waals surface area contributed by atoms with Crippen LogP contribution in [0, 0.1) is 0 Å². The summed E-state index contributed by atoms with van der Waals surface area (Å²) in [5.41, 5.74) is 5.61. The van der Waals surface area contributed by atoms with Gasteiger partial charge in [-0.1, -0.05) is 0 Å². The average Bonchev–Trinajstić information content (AvgIpc) is 2.51. The summed E-state index contributed by atoms with van der Waals surface area (Å²) in [7, 11) is 0. The molecule has 3 N–H and O–H groups in total. The molecule has 1 heterocycles. The van der Waals surface area contributed by atoms with Gasteiger partial charge in [0.25, 0.3) is 0 Å². The molecule has 0 spiro atoms. The number of rotatable bonds is 3. The number of hydrogen-bond donors (Lipinski definition) is 2. The zero-order chi connectivity index (χ0) is 9.68. The van der Waals surface area contributed by atoms with E-state index in [1.165, 1.54) is 0 Å². The Labute approximate surface area is 81.9 Å². The fourth-order valence-corrected chi connectivity index (χ4v) is 1.36. The molecule has 5 heteroatoms. The minimum atomic E-state index is 0.319. The molecule has 0 aliphatic carbocycles. The third-order valence-corrected chi connectivity index (χ3v) is 2.07. The lowest BCUT2D eigenvalue weighted by atomic mass is 10.4. The summed E-state index contributed by atoms with van der Waals surface area (Å²) >= 11 is 1.58. The molecule has 0 atom stereocenters. The topological polar surface area (TPSA) is 63.3 Å². The van der Waals surface area contributed by atoms with Crippen LogP contribution >= 0.6 is 11.3 Å². The number of nitrogens with zero attached hydrogens (tertiary/aromatic N) is 2. The van der Waals surface area contributed by atoms with E-state index in [1.807, 2.05) is 19.2 Å². The van der Waals surface area contributed by atoms with E-state index < -0.39 is 0 Å². The predicted molar refractivity (Wildman–Crippen MR) is 55.7 cm³/mol. The molecule has 0 amide bonds. The number of guanidine groups is 1. The van der Waals surface area contributed by atoms with Crippen LogP contribution in [0.2, 0.25) is 0 Å². The SMILES string of the molecule is CC(C)NC(N)=NCc1nccs1. The van der Waals surface area contributed by atoms with Gasteiger partial charge in [-0.15, -0.1) is 11.3 Å². The van der Waals surface area contributed by atoms with Crippen LogP contribution in [0.3, 0.4) is 0 Å². The van der Waals surface area contributed by atoms with Crippen molar-refractivity contribution in [3.05, 3.63) is 16.6 Å². The zero-order valence-electron chi connectivity index (χ0n) is 7.82. The first-order valence-corrected chi connectivity index (χ1v) is 5.01. The second-order valence-corrected chi connectivity index (χ2v) is 3.91. The van der Waals surface area contributed by atoms with Gasteiger partial charge in [0, 0.05) is 17.6 Å². The molecule has 0 radical (unpaired) electrons. The smallest absolute Gasteiger partial charge is 0.189 e. The number of aliphatic imine (C=N–C) groups is 1. The van der Waals surface area contributed by atoms with E-state index in [2.05, 4.69) is 15.3 Å². The Bertz CT molecular complexity index is 266. The molecule has 72 valence electrons. The summed E-state index contributed by atoms with van der Waals surface area (Å²) in [6.45, 7) is 4.60. The monoisotopic (exact) mass is 198 g/mol. The first-order valence-electron chi connectivity index (χ1n) is 4.13. The summed E-state index contributed by atoms with van der Waals surface area (Å²) in [5.74, 6) is 0.477. The average molecular weight is 198 g/mol. The highest BCUT2D eigenvalue weighted by Crippen LogP contribution is 2.04. The van der Waals surface area contributed by atoms with Crippen molar-refractivity contribution in [2.24, 2.45) is 10.7 Å². The minimum absolute atomic E-state index is 0.319. The maximum Gasteiger partial charge on any atom is 0.189 e. The Morgan fingerprint density at radius 2 is 2.54 bits per heavy atom. The number of aromatic nitrogens is 1. The van der Waals surface area contributed by atoms with Crippen LogP contribution in [0.15, 0.2) is 16.6 Å². The summed E-state index contributed by atoms with van der Waals surface area (Å²) < 4.78 is 0. The normalized spacial score (nSPS) is 12.1. The molecule has 0 aliphatic rings. The van der Waals surface area contributed by atoms with Gasteiger partial charge in [-0.2, -0.15) is 0 Å². The quantitative estimate of drug-likeness (QED) is 0.561. The summed E-state index contributed by atoms with van der Waals surface area (Å²) in [4.78, 5) is 8.23. The van der Waals surface area contributed by atoms with Crippen molar-refractivity contribution in [1.29, 1.82) is 0 Å². The van der Waals surface area contributed by atoms with Crippen LogP contribution in [0.1, 0.15) is 18.9 Å². The largest absolute Gasteiger partial charge is 0.370 e. The first kappa shape index (κ1) is 9.98. The number of thiazole rings is 1. The Morgan fingerprint density at radius 3 is 3.08 bits per heavy atom. The molecule has 0 saturated carbocycles. The van der Waals surface area contributed by atoms with Crippen LogP contribution in [0.4, 0.5) is 0 Å². The van der Waals surface area contributed by atoms with Crippen molar-refractivity contribution in [3.63, 3.8) is 0 Å². The van der Waals surface area contributed by atoms with Gasteiger partial charge in [-0.05, 0) is 13.8 Å². The van der Waals surface area contributed by atoms with Crippen molar-refractivity contribution >= 4 is 17.3 Å². The second-order valence-electron chi connectivity index (χ2n) is 2.93. The molecule has 1 aromatic heterocycles. The van der Waals surface area contributed by atoms with Crippen molar-refractivity contribution in [3.8, 4) is 0 Å². The van der Waals surface area contributed by atoms with E-state index in [4.69, 9.17) is 5.73 Å². The lowest BCUT2D eigenvalue weighted by Gasteiger charge is -2.07. The van der Waals surface area contributed by atoms with Gasteiger partial charge >= 0.3 is 0 Å². The van der Waals surface area contributed by atoms with Crippen LogP contribution < -0.4 is 11.1 Å². The maximum absolute atomic E-state index is 5.61. The van der Waals surface area contributed by atoms with Crippen LogP contribution in [-0.4, -0.2) is 17.0 Å². The Kier molecular flexibility index (Phi) is 3.70. The Hall–Kier alpha value is -1.10. The lowest BCUT2D eigenvalue weighted by Crippen LogP contribution is -2.36. The van der Waals surface area contributed by atoms with Crippen molar-refractivity contribution < 1.29 is 0 Å². The van der Waals surface area contributed by atoms with Crippen LogP contribution in [0.5, 0.6) is 0 Å². The third kappa shape index (κ3) is 3.89. The number of nitrogens with two attached hydrogens (primary N) is 1. The van der Waals surface area contributed by atoms with E-state index >= 15 is 0 Å². The van der Waals surface area contributed by atoms with Gasteiger partial charge in [0.05, 0.1) is 6.54 Å². The van der Waals surface area contributed by atoms with Gasteiger partial charge in [0.2, 0.25) is 0 Å². The van der Waals surface area contributed by atoms with E-state index in [-0.39, 0.29) is 0 Å². The molecular formula is C8H14N4S. The minimum Gasteiger partial charge on any atom is -0.370 e. The van der Waals surface area contributed by atoms with Crippen molar-refractivity contribution in [2.45, 2.75) is 26.4 Å². The van der Waals surface area contributed by atoms with E-state index in [0.717, 1.165) is 5.01 Å². The highest BCUT2D eigenvalue weighted by molar-refractivity contribution is 7.09. The molecule has 1 aromatic rings. The summed E-state index contributed by atoms with van der Waals surface area (Å²) in [6, 6.07) is 0.319. The van der Waals surface area contributed by atoms with Crippen molar-refractivity contribution in [2.75, 3.05) is 0 Å². The fourth-order valence-electron chi connectivity index (χ4n) is 0.825. The third-order valence-electron chi connectivity index (χ3n) is 1.30. The molecule has 0 saturated heterocycles. The molecule has 13 heavy (non-hydrogen) atoms. The highest BCUT2D eigenvalue weighted by Gasteiger charge is 1.96. The zero-order valence-corrected chi connectivity index (χ0v) is 8.64. The molecule has 1 rings (SSSR count). The van der Waals surface area contributed by atoms with E-state index in [0.29, 0.717) is 18.5 Å². The predicted octanol–water partition coefficient (Wildman–Crippen LogP) is 0.956. The summed E-state index contributed by atoms with van der Waals surface area (Å²) in [5, 5.41) is 5.92. The maximum atomic E-state index is 5.61. The second kappa shape index (κ2) is 4.81. The Morgan fingerprint density at radius 1 is 1.77 bits per heavy atom.